The van der Waals surface area contributed by atoms with Gasteiger partial charge in [0, 0.05) is 6.08 Å². The first-order chi connectivity index (χ1) is 8.08. The molecule has 0 aromatic carbocycles. The monoisotopic (exact) mass is 288 g/mol. The lowest BCUT2D eigenvalue weighted by molar-refractivity contribution is -0.137. The molecule has 5 heteroatoms. The molecule has 1 atom stereocenters. The number of carbonyl (C=O) groups excluding carboxylic acids is 1. The molecule has 0 spiro atoms. The maximum Gasteiger partial charge on any atom is 0.330 e. The zero-order chi connectivity index (χ0) is 14.4. The van der Waals surface area contributed by atoms with Crippen molar-refractivity contribution < 1.29 is 13.6 Å². The molecular formula is C13H28O3Si2. The third kappa shape index (κ3) is 7.84. The molecule has 0 heterocycles. The van der Waals surface area contributed by atoms with E-state index in [4.69, 9.17) is 8.85 Å². The number of carbonyl (C=O) groups is 1. The van der Waals surface area contributed by atoms with Gasteiger partial charge in [-0.1, -0.05) is 13.0 Å². The van der Waals surface area contributed by atoms with Crippen molar-refractivity contribution in [3.05, 3.63) is 12.2 Å². The predicted molar refractivity (Wildman–Crippen MR) is 81.7 cm³/mol. The number of esters is 1. The van der Waals surface area contributed by atoms with Crippen LogP contribution in [0.5, 0.6) is 0 Å². The second-order valence-corrected chi connectivity index (χ2v) is 15.4. The molecule has 1 unspecified atom stereocenters. The van der Waals surface area contributed by atoms with Gasteiger partial charge in [-0.15, -0.1) is 0 Å². The predicted octanol–water partition coefficient (Wildman–Crippen LogP) is 3.94. The fraction of sp³-hybridized carbons (Fsp3) is 0.769. The summed E-state index contributed by atoms with van der Waals surface area (Å²) in [5.74, 6) is -0.254. The number of ether oxygens (including phenoxy) is 1. The average molecular weight is 289 g/mol. The van der Waals surface area contributed by atoms with E-state index in [2.05, 4.69) is 39.7 Å². The van der Waals surface area contributed by atoms with Gasteiger partial charge in [-0.05, 0) is 51.6 Å². The Balaban J connectivity index is 4.15. The highest BCUT2D eigenvalue weighted by Gasteiger charge is 2.34. The van der Waals surface area contributed by atoms with E-state index in [0.717, 1.165) is 6.42 Å². The van der Waals surface area contributed by atoms with Crippen LogP contribution in [-0.2, 0) is 13.6 Å². The summed E-state index contributed by atoms with van der Waals surface area (Å²) in [4.78, 5) is 11.2. The summed E-state index contributed by atoms with van der Waals surface area (Å²) in [5.41, 5.74) is 0.489. The lowest BCUT2D eigenvalue weighted by Gasteiger charge is -2.36. The van der Waals surface area contributed by atoms with Crippen molar-refractivity contribution in [2.45, 2.75) is 58.5 Å². The van der Waals surface area contributed by atoms with Gasteiger partial charge in [-0.25, -0.2) is 4.79 Å². The molecule has 0 bridgehead atoms. The van der Waals surface area contributed by atoms with Crippen molar-refractivity contribution in [3.8, 4) is 0 Å². The Hall–Kier alpha value is -0.396. The van der Waals surface area contributed by atoms with Gasteiger partial charge in [0.25, 0.3) is 0 Å². The first-order valence-corrected chi connectivity index (χ1v) is 13.0. The van der Waals surface area contributed by atoms with Crippen LogP contribution in [0.4, 0.5) is 0 Å². The molecule has 106 valence electrons. The molecule has 0 fully saturated rings. The minimum Gasteiger partial charge on any atom is -0.463 e. The van der Waals surface area contributed by atoms with Crippen molar-refractivity contribution in [2.24, 2.45) is 0 Å². The van der Waals surface area contributed by atoms with Gasteiger partial charge in [0.2, 0.25) is 0 Å². The van der Waals surface area contributed by atoms with Crippen molar-refractivity contribution >= 4 is 22.6 Å². The molecule has 0 aromatic heterocycles. The Morgan fingerprint density at radius 2 is 1.78 bits per heavy atom. The van der Waals surface area contributed by atoms with Gasteiger partial charge >= 0.3 is 5.97 Å². The number of allylic oxidation sites excluding steroid dienone is 1. The number of rotatable bonds is 7. The van der Waals surface area contributed by atoms with E-state index in [0.29, 0.717) is 12.1 Å². The van der Waals surface area contributed by atoms with Gasteiger partial charge in [0.05, 0.1) is 6.61 Å². The topological polar surface area (TPSA) is 35.5 Å². The maximum atomic E-state index is 11.2. The molecule has 0 aromatic rings. The van der Waals surface area contributed by atoms with Crippen LogP contribution in [0, 0.1) is 0 Å². The second-order valence-electron chi connectivity index (χ2n) is 6.18. The maximum absolute atomic E-state index is 11.2. The van der Waals surface area contributed by atoms with Crippen LogP contribution < -0.4 is 0 Å². The van der Waals surface area contributed by atoms with Crippen LogP contribution in [0.25, 0.3) is 0 Å². The molecule has 0 aliphatic rings. The highest BCUT2D eigenvalue weighted by molar-refractivity contribution is 6.84. The van der Waals surface area contributed by atoms with Gasteiger partial charge < -0.3 is 8.85 Å². The van der Waals surface area contributed by atoms with Gasteiger partial charge in [0.1, 0.15) is 0 Å². The van der Waals surface area contributed by atoms with Crippen molar-refractivity contribution in [1.82, 2.24) is 0 Å². The summed E-state index contributed by atoms with van der Waals surface area (Å²) in [7, 11) is -3.17. The van der Waals surface area contributed by atoms with E-state index < -0.39 is 16.6 Å². The van der Waals surface area contributed by atoms with Gasteiger partial charge in [-0.2, -0.15) is 0 Å². The van der Waals surface area contributed by atoms with Crippen molar-refractivity contribution in [2.75, 3.05) is 6.61 Å². The van der Waals surface area contributed by atoms with E-state index in [1.807, 2.05) is 6.92 Å². The molecule has 0 N–H and O–H groups in total. The molecule has 3 nitrogen and oxygen atoms in total. The highest BCUT2D eigenvalue weighted by Crippen LogP contribution is 2.28. The van der Waals surface area contributed by atoms with Crippen LogP contribution in [0.15, 0.2) is 12.2 Å². The summed E-state index contributed by atoms with van der Waals surface area (Å²) in [6.07, 6.45) is 4.03. The molecule has 0 aliphatic carbocycles. The van der Waals surface area contributed by atoms with E-state index in [-0.39, 0.29) is 5.97 Å². The van der Waals surface area contributed by atoms with Gasteiger partial charge in [-0.3, -0.25) is 0 Å². The fourth-order valence-electron chi connectivity index (χ4n) is 1.76. The van der Waals surface area contributed by atoms with Crippen LogP contribution in [-0.4, -0.2) is 29.2 Å². The minimum absolute atomic E-state index is 0.254. The zero-order valence-electron chi connectivity index (χ0n) is 12.9. The Labute approximate surface area is 114 Å². The summed E-state index contributed by atoms with van der Waals surface area (Å²) in [6, 6.07) is 0. The summed E-state index contributed by atoms with van der Waals surface area (Å²) in [5, 5.41) is 0. The first kappa shape index (κ1) is 17.6. The zero-order valence-corrected chi connectivity index (χ0v) is 14.9. The Kier molecular flexibility index (Phi) is 7.10. The lowest BCUT2D eigenvalue weighted by atomic mass is 10.3. The Bertz CT molecular complexity index is 293. The molecule has 0 radical (unpaired) electrons. The van der Waals surface area contributed by atoms with Crippen LogP contribution in [0.3, 0.4) is 0 Å². The van der Waals surface area contributed by atoms with E-state index >= 15 is 0 Å². The van der Waals surface area contributed by atoms with Crippen LogP contribution >= 0.6 is 0 Å². The van der Waals surface area contributed by atoms with E-state index in [1.165, 1.54) is 6.08 Å². The summed E-state index contributed by atoms with van der Waals surface area (Å²) < 4.78 is 11.4. The molecule has 0 saturated heterocycles. The minimum atomic E-state index is -1.68. The third-order valence-electron chi connectivity index (χ3n) is 2.85. The standard InChI is InChI=1S/C13H28O3Si2/c1-8-9-13(14)15-11-10-12(2)18(6,7)16-17(3,4)5/h8-9,12H,10-11H2,1-7H3. The summed E-state index contributed by atoms with van der Waals surface area (Å²) in [6.45, 7) is 15.7. The van der Waals surface area contributed by atoms with Crippen molar-refractivity contribution in [1.29, 1.82) is 0 Å². The largest absolute Gasteiger partial charge is 0.463 e. The Morgan fingerprint density at radius 3 is 2.22 bits per heavy atom. The molecule has 18 heavy (non-hydrogen) atoms. The first-order valence-electron chi connectivity index (χ1n) is 6.58. The molecule has 0 aliphatic heterocycles. The molecule has 0 rings (SSSR count). The smallest absolute Gasteiger partial charge is 0.330 e. The lowest BCUT2D eigenvalue weighted by Crippen LogP contribution is -2.45. The van der Waals surface area contributed by atoms with Crippen LogP contribution in [0.1, 0.15) is 20.3 Å². The number of hydrogen-bond acceptors (Lipinski definition) is 3. The molecular weight excluding hydrogens is 260 g/mol. The van der Waals surface area contributed by atoms with E-state index in [1.54, 1.807) is 6.08 Å². The van der Waals surface area contributed by atoms with Crippen LogP contribution in [0.2, 0.25) is 38.3 Å². The number of hydrogen-bond donors (Lipinski definition) is 0. The SMILES string of the molecule is CC=CC(=O)OCCC(C)[Si](C)(C)O[Si](C)(C)C. The quantitative estimate of drug-likeness (QED) is 0.404. The highest BCUT2D eigenvalue weighted by atomic mass is 28.4. The van der Waals surface area contributed by atoms with E-state index in [9.17, 15) is 4.79 Å². The second kappa shape index (κ2) is 7.26. The Morgan fingerprint density at radius 1 is 1.22 bits per heavy atom. The fourth-order valence-corrected chi connectivity index (χ4v) is 9.69. The average Bonchev–Trinajstić information content (AvgIpc) is 2.14. The normalized spacial score (nSPS) is 14.8. The van der Waals surface area contributed by atoms with Crippen molar-refractivity contribution in [3.63, 3.8) is 0 Å². The molecule has 0 amide bonds. The molecule has 0 saturated carbocycles. The summed E-state index contributed by atoms with van der Waals surface area (Å²) >= 11 is 0. The van der Waals surface area contributed by atoms with Gasteiger partial charge in [0.15, 0.2) is 16.6 Å². The third-order valence-corrected chi connectivity index (χ3v) is 10.1.